The number of ether oxygens (including phenoxy) is 2. The second kappa shape index (κ2) is 11.6. The van der Waals surface area contributed by atoms with Gasteiger partial charge in [0.05, 0.1) is 16.7 Å². The predicted molar refractivity (Wildman–Crippen MR) is 127 cm³/mol. The molecule has 0 unspecified atom stereocenters. The number of fused-ring (bicyclic) bond motifs is 4. The number of benzene rings is 1. The highest BCUT2D eigenvalue weighted by atomic mass is 32.2. The van der Waals surface area contributed by atoms with Crippen LogP contribution in [0.4, 0.5) is 4.79 Å². The highest BCUT2D eigenvalue weighted by molar-refractivity contribution is 7.91. The lowest BCUT2D eigenvalue weighted by Gasteiger charge is -2.22. The standard InChI is InChI=1S/C24H29N3O6S/c1-3-11-32-24(29)27-21-9-6-7-12-34(30,31)19-13-18(14-25-15-19)20-8-4-5-10-22(20)33-16-17(2)26-23(21)28/h3-5,8,10,13-15,17,21H,1,6-7,9,11-12,16H2,2H3,(H,26,28)(H,27,29)/t17-,21+/m1/s1. The fraction of sp³-hybridized carbons (Fsp3) is 0.375. The Kier molecular flexibility index (Phi) is 8.64. The molecule has 2 amide bonds. The molecule has 0 aliphatic carbocycles. The summed E-state index contributed by atoms with van der Waals surface area (Å²) in [4.78, 5) is 29.1. The third-order valence-electron chi connectivity index (χ3n) is 5.24. The van der Waals surface area contributed by atoms with Gasteiger partial charge in [-0.25, -0.2) is 13.2 Å². The molecule has 0 saturated heterocycles. The fourth-order valence-electron chi connectivity index (χ4n) is 3.51. The highest BCUT2D eigenvalue weighted by Gasteiger charge is 2.24. The van der Waals surface area contributed by atoms with E-state index in [0.29, 0.717) is 29.7 Å². The topological polar surface area (TPSA) is 124 Å². The second-order valence-corrected chi connectivity index (χ2v) is 10.1. The summed E-state index contributed by atoms with van der Waals surface area (Å²) in [5, 5.41) is 5.39. The van der Waals surface area contributed by atoms with Crippen molar-refractivity contribution in [3.63, 3.8) is 0 Å². The summed E-state index contributed by atoms with van der Waals surface area (Å²) in [5.41, 5.74) is 1.32. The summed E-state index contributed by atoms with van der Waals surface area (Å²) in [7, 11) is -3.59. The van der Waals surface area contributed by atoms with Crippen molar-refractivity contribution < 1.29 is 27.5 Å². The lowest BCUT2D eigenvalue weighted by atomic mass is 10.1. The number of alkyl carbamates (subject to hydrolysis) is 1. The van der Waals surface area contributed by atoms with Gasteiger partial charge in [-0.05, 0) is 38.3 Å². The second-order valence-electron chi connectivity index (χ2n) is 8.02. The van der Waals surface area contributed by atoms with E-state index in [-0.39, 0.29) is 36.3 Å². The third kappa shape index (κ3) is 6.80. The SMILES string of the molecule is C=CCOC(=O)N[C@H]1CCCCS(=O)(=O)c2cncc(c2)-c2ccccc2OC[C@@H](C)NC1=O. The summed E-state index contributed by atoms with van der Waals surface area (Å²) in [6.45, 7) is 5.46. The van der Waals surface area contributed by atoms with Crippen LogP contribution < -0.4 is 15.4 Å². The van der Waals surface area contributed by atoms with Crippen molar-refractivity contribution in [2.75, 3.05) is 19.0 Å². The number of rotatable bonds is 3. The quantitative estimate of drug-likeness (QED) is 0.638. The Morgan fingerprint density at radius 1 is 1.32 bits per heavy atom. The van der Waals surface area contributed by atoms with Crippen LogP contribution in [0.5, 0.6) is 5.75 Å². The van der Waals surface area contributed by atoms with Gasteiger partial charge in [-0.1, -0.05) is 30.9 Å². The number of pyridine rings is 1. The lowest BCUT2D eigenvalue weighted by Crippen LogP contribution is -2.50. The van der Waals surface area contributed by atoms with E-state index in [1.165, 1.54) is 12.3 Å². The molecule has 182 valence electrons. The van der Waals surface area contributed by atoms with Crippen molar-refractivity contribution in [3.8, 4) is 16.9 Å². The molecule has 9 nitrogen and oxygen atoms in total. The van der Waals surface area contributed by atoms with Crippen molar-refractivity contribution in [1.82, 2.24) is 15.6 Å². The van der Waals surface area contributed by atoms with E-state index < -0.39 is 27.9 Å². The number of aromatic nitrogens is 1. The summed E-state index contributed by atoms with van der Waals surface area (Å²) < 4.78 is 36.7. The molecule has 34 heavy (non-hydrogen) atoms. The molecule has 0 radical (unpaired) electrons. The molecular weight excluding hydrogens is 458 g/mol. The Labute approximate surface area is 199 Å². The monoisotopic (exact) mass is 487 g/mol. The van der Waals surface area contributed by atoms with E-state index in [1.54, 1.807) is 25.3 Å². The Hall–Kier alpha value is -3.40. The van der Waals surface area contributed by atoms with Gasteiger partial charge in [-0.15, -0.1) is 0 Å². The first-order chi connectivity index (χ1) is 16.3. The van der Waals surface area contributed by atoms with E-state index in [2.05, 4.69) is 22.2 Å². The predicted octanol–water partition coefficient (Wildman–Crippen LogP) is 2.87. The molecule has 10 heteroatoms. The first-order valence-corrected chi connectivity index (χ1v) is 12.7. The number of hydrogen-bond donors (Lipinski definition) is 2. The van der Waals surface area contributed by atoms with Crippen LogP contribution in [0.25, 0.3) is 11.1 Å². The zero-order valence-electron chi connectivity index (χ0n) is 19.0. The van der Waals surface area contributed by atoms with Gasteiger partial charge in [-0.3, -0.25) is 9.78 Å². The molecule has 2 N–H and O–H groups in total. The Morgan fingerprint density at radius 3 is 2.91 bits per heavy atom. The Bertz CT molecular complexity index is 1140. The van der Waals surface area contributed by atoms with Crippen molar-refractivity contribution >= 4 is 21.8 Å². The van der Waals surface area contributed by atoms with Gasteiger partial charge in [0.2, 0.25) is 5.91 Å². The van der Waals surface area contributed by atoms with E-state index in [0.717, 1.165) is 0 Å². The van der Waals surface area contributed by atoms with Crippen LogP contribution in [-0.4, -0.2) is 56.5 Å². The summed E-state index contributed by atoms with van der Waals surface area (Å²) in [6, 6.07) is 7.59. The normalized spacial score (nSPS) is 20.7. The minimum atomic E-state index is -3.59. The largest absolute Gasteiger partial charge is 0.491 e. The molecule has 1 aromatic carbocycles. The molecule has 3 rings (SSSR count). The first-order valence-electron chi connectivity index (χ1n) is 11.0. The molecule has 1 aromatic heterocycles. The zero-order chi connectivity index (χ0) is 24.6. The summed E-state index contributed by atoms with van der Waals surface area (Å²) in [6.07, 6.45) is 4.57. The summed E-state index contributed by atoms with van der Waals surface area (Å²) in [5.74, 6) is 0.0288. The number of hydrogen-bond acceptors (Lipinski definition) is 7. The Balaban J connectivity index is 1.88. The fourth-order valence-corrected chi connectivity index (χ4v) is 4.86. The first kappa shape index (κ1) is 25.2. The van der Waals surface area contributed by atoms with E-state index >= 15 is 0 Å². The van der Waals surface area contributed by atoms with Crippen LogP contribution in [0.3, 0.4) is 0 Å². The van der Waals surface area contributed by atoms with Crippen LogP contribution in [0.15, 0.2) is 60.3 Å². The van der Waals surface area contributed by atoms with Crippen LogP contribution >= 0.6 is 0 Å². The van der Waals surface area contributed by atoms with Crippen LogP contribution in [-0.2, 0) is 19.4 Å². The van der Waals surface area contributed by atoms with E-state index in [9.17, 15) is 18.0 Å². The van der Waals surface area contributed by atoms with Crippen LogP contribution in [0.2, 0.25) is 0 Å². The van der Waals surface area contributed by atoms with Crippen molar-refractivity contribution in [2.45, 2.75) is 43.2 Å². The number of carbonyl (C=O) groups is 2. The molecular formula is C24H29N3O6S. The molecule has 1 aliphatic heterocycles. The van der Waals surface area contributed by atoms with Crippen molar-refractivity contribution in [1.29, 1.82) is 0 Å². The molecule has 2 atom stereocenters. The van der Waals surface area contributed by atoms with Crippen molar-refractivity contribution in [3.05, 3.63) is 55.4 Å². The average Bonchev–Trinajstić information content (AvgIpc) is 2.83. The third-order valence-corrected chi connectivity index (χ3v) is 7.01. The number of nitrogens with one attached hydrogen (secondary N) is 2. The van der Waals surface area contributed by atoms with Crippen LogP contribution in [0.1, 0.15) is 26.2 Å². The van der Waals surface area contributed by atoms with Gasteiger partial charge in [0.1, 0.15) is 25.0 Å². The molecule has 2 bridgehead atoms. The number of nitrogens with zero attached hydrogens (tertiary/aromatic N) is 1. The number of para-hydroxylation sites is 1. The lowest BCUT2D eigenvalue weighted by molar-refractivity contribution is -0.124. The molecule has 2 aromatic rings. The number of carbonyl (C=O) groups excluding carboxylic acids is 2. The summed E-state index contributed by atoms with van der Waals surface area (Å²) >= 11 is 0. The number of sulfone groups is 1. The van der Waals surface area contributed by atoms with Gasteiger partial charge in [0, 0.05) is 23.5 Å². The van der Waals surface area contributed by atoms with Gasteiger partial charge in [0.25, 0.3) is 0 Å². The molecule has 2 heterocycles. The maximum Gasteiger partial charge on any atom is 0.408 e. The minimum absolute atomic E-state index is 0.00909. The van der Waals surface area contributed by atoms with Gasteiger partial charge < -0.3 is 20.1 Å². The van der Waals surface area contributed by atoms with E-state index in [4.69, 9.17) is 9.47 Å². The average molecular weight is 488 g/mol. The molecule has 0 saturated carbocycles. The molecule has 0 fully saturated rings. The van der Waals surface area contributed by atoms with Gasteiger partial charge in [0.15, 0.2) is 9.84 Å². The highest BCUT2D eigenvalue weighted by Crippen LogP contribution is 2.31. The minimum Gasteiger partial charge on any atom is -0.491 e. The molecule has 1 aliphatic rings. The zero-order valence-corrected chi connectivity index (χ0v) is 19.8. The van der Waals surface area contributed by atoms with Gasteiger partial charge in [-0.2, -0.15) is 0 Å². The maximum atomic E-state index is 12.9. The maximum absolute atomic E-state index is 12.9. The molecule has 0 spiro atoms. The van der Waals surface area contributed by atoms with Gasteiger partial charge >= 0.3 is 6.09 Å². The van der Waals surface area contributed by atoms with Crippen molar-refractivity contribution in [2.24, 2.45) is 0 Å². The van der Waals surface area contributed by atoms with E-state index in [1.807, 2.05) is 18.2 Å². The van der Waals surface area contributed by atoms with Crippen LogP contribution in [0, 0.1) is 0 Å². The number of amides is 2. The Morgan fingerprint density at radius 2 is 2.12 bits per heavy atom. The smallest absolute Gasteiger partial charge is 0.408 e.